The second kappa shape index (κ2) is 9.18. The summed E-state index contributed by atoms with van der Waals surface area (Å²) in [6.45, 7) is 5.53. The molecule has 2 fully saturated rings. The van der Waals surface area contributed by atoms with Crippen molar-refractivity contribution in [3.63, 3.8) is 0 Å². The molecule has 1 aliphatic carbocycles. The first-order chi connectivity index (χ1) is 15.6. The number of hydrogen-bond donors (Lipinski definition) is 1. The lowest BCUT2D eigenvalue weighted by Gasteiger charge is -2.33. The Hall–Kier alpha value is -2.47. The summed E-state index contributed by atoms with van der Waals surface area (Å²) in [5.41, 5.74) is 3.57. The lowest BCUT2D eigenvalue weighted by atomic mass is 9.88. The SMILES string of the molecule is Cc1ccc(C(=O)N2CCC[C@@H]2c2nc3c(c(=O)[nH]2)CCN(CC2CCCCC2)C3)cc1. The van der Waals surface area contributed by atoms with Crippen LogP contribution in [0, 0.1) is 12.8 Å². The van der Waals surface area contributed by atoms with Gasteiger partial charge in [-0.25, -0.2) is 4.98 Å². The molecule has 170 valence electrons. The Balaban J connectivity index is 1.35. The molecule has 0 spiro atoms. The minimum Gasteiger partial charge on any atom is -0.328 e. The third-order valence-corrected chi connectivity index (χ3v) is 7.54. The normalized spacial score (nSPS) is 22.2. The zero-order chi connectivity index (χ0) is 22.1. The summed E-state index contributed by atoms with van der Waals surface area (Å²) in [4.78, 5) is 38.5. The van der Waals surface area contributed by atoms with Crippen LogP contribution >= 0.6 is 0 Å². The van der Waals surface area contributed by atoms with Crippen molar-refractivity contribution in [2.75, 3.05) is 19.6 Å². The highest BCUT2D eigenvalue weighted by molar-refractivity contribution is 5.94. The molecule has 1 aromatic heterocycles. The van der Waals surface area contributed by atoms with Gasteiger partial charge in [-0.05, 0) is 57.1 Å². The van der Waals surface area contributed by atoms with Gasteiger partial charge in [-0.2, -0.15) is 0 Å². The molecule has 2 aromatic rings. The Labute approximate surface area is 190 Å². The maximum Gasteiger partial charge on any atom is 0.254 e. The van der Waals surface area contributed by atoms with Gasteiger partial charge in [0.15, 0.2) is 0 Å². The van der Waals surface area contributed by atoms with E-state index in [-0.39, 0.29) is 17.5 Å². The largest absolute Gasteiger partial charge is 0.328 e. The molecule has 1 N–H and O–H groups in total. The molecule has 1 saturated heterocycles. The lowest BCUT2D eigenvalue weighted by Crippen LogP contribution is -2.39. The molecule has 0 unspecified atom stereocenters. The number of amides is 1. The summed E-state index contributed by atoms with van der Waals surface area (Å²) >= 11 is 0. The number of H-pyrrole nitrogens is 1. The maximum absolute atomic E-state index is 13.2. The molecule has 1 atom stereocenters. The number of carbonyl (C=O) groups excluding carboxylic acids is 1. The van der Waals surface area contributed by atoms with Crippen molar-refractivity contribution in [1.82, 2.24) is 19.8 Å². The zero-order valence-corrected chi connectivity index (χ0v) is 19.1. The number of nitrogens with one attached hydrogen (secondary N) is 1. The third kappa shape index (κ3) is 4.38. The van der Waals surface area contributed by atoms with Gasteiger partial charge in [0.1, 0.15) is 5.82 Å². The molecule has 32 heavy (non-hydrogen) atoms. The van der Waals surface area contributed by atoms with E-state index < -0.39 is 0 Å². The minimum absolute atomic E-state index is 0.0167. The summed E-state index contributed by atoms with van der Waals surface area (Å²) in [5, 5.41) is 0. The van der Waals surface area contributed by atoms with Crippen LogP contribution in [0.15, 0.2) is 29.1 Å². The fraction of sp³-hybridized carbons (Fsp3) is 0.577. The third-order valence-electron chi connectivity index (χ3n) is 7.54. The van der Waals surface area contributed by atoms with Crippen LogP contribution in [0.3, 0.4) is 0 Å². The summed E-state index contributed by atoms with van der Waals surface area (Å²) in [6, 6.07) is 7.56. The Morgan fingerprint density at radius 2 is 1.84 bits per heavy atom. The van der Waals surface area contributed by atoms with E-state index in [1.807, 2.05) is 36.1 Å². The van der Waals surface area contributed by atoms with Crippen LogP contribution in [0.4, 0.5) is 0 Å². The first-order valence-corrected chi connectivity index (χ1v) is 12.3. The van der Waals surface area contributed by atoms with Crippen molar-refractivity contribution in [2.24, 2.45) is 5.92 Å². The number of likely N-dealkylation sites (tertiary alicyclic amines) is 1. The molecule has 2 aliphatic heterocycles. The van der Waals surface area contributed by atoms with Crippen LogP contribution in [0.2, 0.25) is 0 Å². The van der Waals surface area contributed by atoms with Crippen molar-refractivity contribution in [1.29, 1.82) is 0 Å². The summed E-state index contributed by atoms with van der Waals surface area (Å²) in [6.07, 6.45) is 9.26. The Morgan fingerprint density at radius 3 is 2.62 bits per heavy atom. The van der Waals surface area contributed by atoms with Gasteiger partial charge in [0.05, 0.1) is 11.7 Å². The number of hydrogen-bond acceptors (Lipinski definition) is 4. The smallest absolute Gasteiger partial charge is 0.254 e. The zero-order valence-electron chi connectivity index (χ0n) is 19.1. The van der Waals surface area contributed by atoms with E-state index >= 15 is 0 Å². The first-order valence-electron chi connectivity index (χ1n) is 12.3. The van der Waals surface area contributed by atoms with Crippen molar-refractivity contribution in [3.05, 3.63) is 62.8 Å². The molecule has 6 nitrogen and oxygen atoms in total. The second-order valence-corrected chi connectivity index (χ2v) is 9.89. The average molecular weight is 435 g/mol. The maximum atomic E-state index is 13.2. The molecule has 5 rings (SSSR count). The number of aryl methyl sites for hydroxylation is 1. The van der Waals surface area contributed by atoms with Crippen LogP contribution in [0.1, 0.15) is 84.0 Å². The van der Waals surface area contributed by atoms with Gasteiger partial charge in [0.2, 0.25) is 0 Å². The molecule has 6 heteroatoms. The summed E-state index contributed by atoms with van der Waals surface area (Å²) in [5.74, 6) is 1.46. The quantitative estimate of drug-likeness (QED) is 0.790. The van der Waals surface area contributed by atoms with Crippen molar-refractivity contribution >= 4 is 5.91 Å². The average Bonchev–Trinajstić information content (AvgIpc) is 3.29. The van der Waals surface area contributed by atoms with E-state index in [0.29, 0.717) is 17.9 Å². The van der Waals surface area contributed by atoms with Crippen molar-refractivity contribution in [2.45, 2.75) is 70.9 Å². The Morgan fingerprint density at radius 1 is 1.06 bits per heavy atom. The van der Waals surface area contributed by atoms with Crippen molar-refractivity contribution < 1.29 is 4.79 Å². The van der Waals surface area contributed by atoms with E-state index in [4.69, 9.17) is 4.98 Å². The highest BCUT2D eigenvalue weighted by Gasteiger charge is 2.33. The molecule has 1 saturated carbocycles. The Kier molecular flexibility index (Phi) is 6.13. The molecule has 1 aromatic carbocycles. The summed E-state index contributed by atoms with van der Waals surface area (Å²) in [7, 11) is 0. The minimum atomic E-state index is -0.157. The molecular formula is C26H34N4O2. The number of carbonyl (C=O) groups is 1. The van der Waals surface area contributed by atoms with Gasteiger partial charge < -0.3 is 9.88 Å². The predicted octanol–water partition coefficient (Wildman–Crippen LogP) is 3.99. The topological polar surface area (TPSA) is 69.3 Å². The lowest BCUT2D eigenvalue weighted by molar-refractivity contribution is 0.0729. The van der Waals surface area contributed by atoms with Crippen molar-refractivity contribution in [3.8, 4) is 0 Å². The van der Waals surface area contributed by atoms with Crippen LogP contribution in [-0.2, 0) is 13.0 Å². The van der Waals surface area contributed by atoms with Gasteiger partial charge in [0, 0.05) is 37.3 Å². The van der Waals surface area contributed by atoms with Gasteiger partial charge in [-0.1, -0.05) is 37.0 Å². The fourth-order valence-corrected chi connectivity index (χ4v) is 5.72. The Bertz CT molecular complexity index is 1020. The standard InChI is InChI=1S/C26H34N4O2/c1-18-9-11-20(12-10-18)26(32)30-14-5-8-23(30)24-27-22-17-29(15-13-21(22)25(31)28-24)16-19-6-3-2-4-7-19/h9-12,19,23H,2-8,13-17H2,1H3,(H,27,28,31)/t23-/m1/s1. The highest BCUT2D eigenvalue weighted by atomic mass is 16.2. The van der Waals surface area contributed by atoms with E-state index in [1.54, 1.807) is 0 Å². The van der Waals surface area contributed by atoms with Gasteiger partial charge in [-0.15, -0.1) is 0 Å². The van der Waals surface area contributed by atoms with Crippen LogP contribution in [0.25, 0.3) is 0 Å². The monoisotopic (exact) mass is 434 g/mol. The number of benzene rings is 1. The molecule has 1 amide bonds. The molecule has 0 bridgehead atoms. The van der Waals surface area contributed by atoms with E-state index in [9.17, 15) is 9.59 Å². The second-order valence-electron chi connectivity index (χ2n) is 9.89. The van der Waals surface area contributed by atoms with Crippen LogP contribution in [0.5, 0.6) is 0 Å². The highest BCUT2D eigenvalue weighted by Crippen LogP contribution is 2.32. The van der Waals surface area contributed by atoms with Gasteiger partial charge in [-0.3, -0.25) is 14.5 Å². The first kappa shape index (κ1) is 21.4. The van der Waals surface area contributed by atoms with Crippen LogP contribution < -0.4 is 5.56 Å². The molecule has 3 aliphatic rings. The molecule has 0 radical (unpaired) electrons. The predicted molar refractivity (Wildman–Crippen MR) is 125 cm³/mol. The van der Waals surface area contributed by atoms with Gasteiger partial charge >= 0.3 is 0 Å². The van der Waals surface area contributed by atoms with Crippen LogP contribution in [-0.4, -0.2) is 45.3 Å². The van der Waals surface area contributed by atoms with Gasteiger partial charge in [0.25, 0.3) is 11.5 Å². The van der Waals surface area contributed by atoms with E-state index in [1.165, 1.54) is 32.1 Å². The number of nitrogens with zero attached hydrogens (tertiary/aromatic N) is 3. The number of aromatic nitrogens is 2. The number of aromatic amines is 1. The summed E-state index contributed by atoms with van der Waals surface area (Å²) < 4.78 is 0. The fourth-order valence-electron chi connectivity index (χ4n) is 5.72. The van der Waals surface area contributed by atoms with E-state index in [0.717, 1.165) is 61.6 Å². The molecular weight excluding hydrogens is 400 g/mol. The van der Waals surface area contributed by atoms with E-state index in [2.05, 4.69) is 9.88 Å². The molecule has 3 heterocycles. The number of fused-ring (bicyclic) bond motifs is 1. The number of rotatable bonds is 4.